The first-order chi connectivity index (χ1) is 6.59. The first-order valence-electron chi connectivity index (χ1n) is 4.82. The molecule has 1 aliphatic carbocycles. The highest BCUT2D eigenvalue weighted by atomic mass is 16.1. The third-order valence-corrected chi connectivity index (χ3v) is 2.49. The maximum absolute atomic E-state index is 10.5. The van der Waals surface area contributed by atoms with E-state index in [0.29, 0.717) is 12.3 Å². The molecular weight excluding hydrogens is 180 g/mol. The Labute approximate surface area is 83.1 Å². The number of carbonyl (C=O) groups is 1. The molecule has 0 unspecified atom stereocenters. The predicted molar refractivity (Wildman–Crippen MR) is 54.4 cm³/mol. The van der Waals surface area contributed by atoms with E-state index >= 15 is 0 Å². The van der Waals surface area contributed by atoms with Gasteiger partial charge in [0.15, 0.2) is 5.84 Å². The molecule has 0 radical (unpaired) electrons. The van der Waals surface area contributed by atoms with Crippen LogP contribution in [0.25, 0.3) is 0 Å². The Morgan fingerprint density at radius 3 is 2.43 bits per heavy atom. The molecule has 1 rings (SSSR count). The third-order valence-electron chi connectivity index (χ3n) is 2.49. The fraction of sp³-hybridized carbons (Fsp3) is 0.667. The average molecular weight is 196 g/mol. The smallest absolute Gasteiger partial charge is 0.283 e. The molecule has 0 aliphatic heterocycles. The number of hydrogen-bond donors (Lipinski definition) is 4. The van der Waals surface area contributed by atoms with Gasteiger partial charge in [0.25, 0.3) is 5.91 Å². The highest BCUT2D eigenvalue weighted by Crippen LogP contribution is 2.27. The summed E-state index contributed by atoms with van der Waals surface area (Å²) in [5, 5.41) is 17.0. The molecule has 1 saturated carbocycles. The number of hydrogen-bond acceptors (Lipinski definition) is 3. The van der Waals surface area contributed by atoms with Crippen molar-refractivity contribution >= 4 is 17.6 Å². The van der Waals surface area contributed by atoms with E-state index in [1.165, 1.54) is 12.8 Å². The fourth-order valence-corrected chi connectivity index (χ4v) is 1.77. The summed E-state index contributed by atoms with van der Waals surface area (Å²) < 4.78 is 0. The summed E-state index contributed by atoms with van der Waals surface area (Å²) in [6.07, 6.45) is 5.37. The first-order valence-corrected chi connectivity index (χ1v) is 4.82. The molecule has 1 amide bonds. The van der Waals surface area contributed by atoms with E-state index in [0.717, 1.165) is 12.8 Å². The van der Waals surface area contributed by atoms with Gasteiger partial charge in [-0.1, -0.05) is 25.7 Å². The van der Waals surface area contributed by atoms with Crippen LogP contribution in [-0.2, 0) is 4.79 Å². The van der Waals surface area contributed by atoms with Gasteiger partial charge in [-0.15, -0.1) is 0 Å². The maximum Gasteiger partial charge on any atom is 0.283 e. The van der Waals surface area contributed by atoms with Gasteiger partial charge < -0.3 is 11.1 Å². The van der Waals surface area contributed by atoms with Gasteiger partial charge in [-0.2, -0.15) is 0 Å². The van der Waals surface area contributed by atoms with Crippen molar-refractivity contribution in [1.29, 1.82) is 10.8 Å². The zero-order valence-electron chi connectivity index (χ0n) is 8.10. The Morgan fingerprint density at radius 2 is 1.93 bits per heavy atom. The minimum Gasteiger partial charge on any atom is -0.363 e. The van der Waals surface area contributed by atoms with Crippen LogP contribution >= 0.6 is 0 Å². The van der Waals surface area contributed by atoms with Crippen molar-refractivity contribution in [3.63, 3.8) is 0 Å². The van der Waals surface area contributed by atoms with Crippen LogP contribution in [0.5, 0.6) is 0 Å². The molecule has 78 valence electrons. The van der Waals surface area contributed by atoms with Crippen molar-refractivity contribution in [3.8, 4) is 0 Å². The summed E-state index contributed by atoms with van der Waals surface area (Å²) in [5.41, 5.74) is 4.87. The molecule has 0 aromatic heterocycles. The summed E-state index contributed by atoms with van der Waals surface area (Å²) in [6.45, 7) is 0. The number of primary amides is 1. The molecule has 1 fully saturated rings. The van der Waals surface area contributed by atoms with Gasteiger partial charge in [0, 0.05) is 6.42 Å². The molecule has 5 N–H and O–H groups in total. The molecule has 0 spiro atoms. The molecule has 5 heteroatoms. The van der Waals surface area contributed by atoms with E-state index in [1.807, 2.05) is 0 Å². The Balaban J connectivity index is 2.28. The Morgan fingerprint density at radius 1 is 1.36 bits per heavy atom. The zero-order valence-corrected chi connectivity index (χ0v) is 8.10. The Bertz CT molecular complexity index is 256. The number of nitrogens with two attached hydrogens (primary N) is 1. The largest absolute Gasteiger partial charge is 0.363 e. The number of carbonyl (C=O) groups excluding carboxylic acids is 1. The summed E-state index contributed by atoms with van der Waals surface area (Å²) >= 11 is 0. The highest BCUT2D eigenvalue weighted by Gasteiger charge is 2.17. The van der Waals surface area contributed by atoms with Gasteiger partial charge in [-0.3, -0.25) is 15.6 Å². The second kappa shape index (κ2) is 4.74. The minimum atomic E-state index is -0.818. The van der Waals surface area contributed by atoms with Crippen molar-refractivity contribution in [2.75, 3.05) is 0 Å². The molecule has 0 aromatic rings. The van der Waals surface area contributed by atoms with Gasteiger partial charge in [-0.05, 0) is 5.92 Å². The fourth-order valence-electron chi connectivity index (χ4n) is 1.77. The Kier molecular flexibility index (Phi) is 3.62. The number of rotatable bonds is 2. The van der Waals surface area contributed by atoms with Gasteiger partial charge in [-0.25, -0.2) is 0 Å². The minimum absolute atomic E-state index is 0.223. The van der Waals surface area contributed by atoms with Crippen molar-refractivity contribution in [2.45, 2.75) is 32.1 Å². The molecule has 0 bridgehead atoms. The van der Waals surface area contributed by atoms with Crippen molar-refractivity contribution < 1.29 is 4.79 Å². The van der Waals surface area contributed by atoms with E-state index < -0.39 is 11.7 Å². The van der Waals surface area contributed by atoms with Crippen LogP contribution in [0, 0.1) is 16.7 Å². The molecule has 0 aromatic carbocycles. The summed E-state index contributed by atoms with van der Waals surface area (Å²) in [4.78, 5) is 10.5. The van der Waals surface area contributed by atoms with Crippen LogP contribution in [0.15, 0.2) is 0 Å². The number of amidine groups is 2. The average Bonchev–Trinajstić information content (AvgIpc) is 2.56. The van der Waals surface area contributed by atoms with Gasteiger partial charge in [0.05, 0.1) is 5.84 Å². The van der Waals surface area contributed by atoms with Gasteiger partial charge >= 0.3 is 0 Å². The van der Waals surface area contributed by atoms with Gasteiger partial charge in [0.1, 0.15) is 0 Å². The van der Waals surface area contributed by atoms with Crippen LogP contribution in [0.3, 0.4) is 0 Å². The van der Waals surface area contributed by atoms with Crippen LogP contribution < -0.4 is 11.1 Å². The summed E-state index contributed by atoms with van der Waals surface area (Å²) in [7, 11) is 0. The van der Waals surface area contributed by atoms with Crippen molar-refractivity contribution in [2.24, 2.45) is 11.7 Å². The second-order valence-electron chi connectivity index (χ2n) is 3.70. The molecule has 1 aliphatic rings. The van der Waals surface area contributed by atoms with E-state index in [9.17, 15) is 4.79 Å². The van der Waals surface area contributed by atoms with Crippen LogP contribution in [0.4, 0.5) is 0 Å². The van der Waals surface area contributed by atoms with E-state index in [2.05, 4.69) is 5.32 Å². The lowest BCUT2D eigenvalue weighted by Crippen LogP contribution is -2.39. The lowest BCUT2D eigenvalue weighted by Gasteiger charge is -2.10. The van der Waals surface area contributed by atoms with Crippen LogP contribution in [0.2, 0.25) is 0 Å². The standard InChI is InChI=1S/C9H16N4O/c10-7(13-8(11)9(12)14)5-6-3-1-2-4-6/h6H,1-5H2,(H2,12,14)(H3,10,11,13). The normalized spacial score (nSPS) is 16.6. The topological polar surface area (TPSA) is 103 Å². The lowest BCUT2D eigenvalue weighted by atomic mass is 10.0. The van der Waals surface area contributed by atoms with E-state index in [4.69, 9.17) is 16.6 Å². The van der Waals surface area contributed by atoms with Crippen LogP contribution in [-0.4, -0.2) is 17.6 Å². The van der Waals surface area contributed by atoms with E-state index in [1.54, 1.807) is 0 Å². The number of nitrogens with one attached hydrogen (secondary N) is 3. The SMILES string of the molecule is N=C(CC1CCCC1)NC(=N)C(N)=O. The van der Waals surface area contributed by atoms with Gasteiger partial charge in [0.2, 0.25) is 0 Å². The predicted octanol–water partition coefficient (Wildman–Crippen LogP) is 0.596. The molecular formula is C9H16N4O. The van der Waals surface area contributed by atoms with Crippen LogP contribution in [0.1, 0.15) is 32.1 Å². The van der Waals surface area contributed by atoms with E-state index in [-0.39, 0.29) is 5.84 Å². The third kappa shape index (κ3) is 3.16. The quantitative estimate of drug-likeness (QED) is 0.383. The first kappa shape index (κ1) is 10.7. The second-order valence-corrected chi connectivity index (χ2v) is 3.70. The lowest BCUT2D eigenvalue weighted by molar-refractivity contribution is -0.112. The van der Waals surface area contributed by atoms with Crippen molar-refractivity contribution in [1.82, 2.24) is 5.32 Å². The summed E-state index contributed by atoms with van der Waals surface area (Å²) in [5.74, 6) is -0.453. The molecule has 0 heterocycles. The molecule has 14 heavy (non-hydrogen) atoms. The molecule has 5 nitrogen and oxygen atoms in total. The monoisotopic (exact) mass is 196 g/mol. The zero-order chi connectivity index (χ0) is 10.6. The maximum atomic E-state index is 10.5. The molecule has 0 atom stereocenters. The number of amides is 1. The highest BCUT2D eigenvalue weighted by molar-refractivity contribution is 6.38. The van der Waals surface area contributed by atoms with Crippen molar-refractivity contribution in [3.05, 3.63) is 0 Å². The Hall–Kier alpha value is -1.39. The summed E-state index contributed by atoms with van der Waals surface area (Å²) in [6, 6.07) is 0. The molecule has 0 saturated heterocycles.